The fourth-order valence-electron chi connectivity index (χ4n) is 0.900. The number of rotatable bonds is 2. The normalized spacial score (nSPS) is 9.23. The highest BCUT2D eigenvalue weighted by Gasteiger charge is 2.11. The summed E-state index contributed by atoms with van der Waals surface area (Å²) in [5, 5.41) is 0.887. The molecular formula is C8H13BrN2OS. The first kappa shape index (κ1) is 12.6. The number of aromatic nitrogens is 1. The van der Waals surface area contributed by atoms with Crippen LogP contribution in [0.15, 0.2) is 0 Å². The summed E-state index contributed by atoms with van der Waals surface area (Å²) in [6.07, 6.45) is 0. The van der Waals surface area contributed by atoms with Gasteiger partial charge in [-0.2, -0.15) is 0 Å². The van der Waals surface area contributed by atoms with Crippen molar-refractivity contribution in [1.82, 2.24) is 4.98 Å². The van der Waals surface area contributed by atoms with Gasteiger partial charge in [0.2, 0.25) is 0 Å². The zero-order valence-corrected chi connectivity index (χ0v) is 10.6. The fourth-order valence-corrected chi connectivity index (χ4v) is 1.78. The number of anilines is 1. The van der Waals surface area contributed by atoms with Crippen molar-refractivity contribution in [3.05, 3.63) is 10.6 Å². The maximum atomic E-state index is 11.1. The largest absolute Gasteiger partial charge is 0.354 e. The molecular weight excluding hydrogens is 252 g/mol. The van der Waals surface area contributed by atoms with Crippen LogP contribution in [0, 0.1) is 6.92 Å². The maximum absolute atomic E-state index is 11.1. The van der Waals surface area contributed by atoms with E-state index in [-0.39, 0.29) is 22.8 Å². The van der Waals surface area contributed by atoms with E-state index in [0.717, 1.165) is 15.7 Å². The fraction of sp³-hybridized carbons (Fsp3) is 0.500. The molecule has 0 bridgehead atoms. The summed E-state index contributed by atoms with van der Waals surface area (Å²) in [6, 6.07) is 0. The van der Waals surface area contributed by atoms with Gasteiger partial charge in [0.15, 0.2) is 10.9 Å². The number of nitrogens with zero attached hydrogens (tertiary/aromatic N) is 2. The number of hydrogen-bond donors (Lipinski definition) is 0. The Hall–Kier alpha value is -0.420. The van der Waals surface area contributed by atoms with Gasteiger partial charge in [-0.3, -0.25) is 4.79 Å². The average molecular weight is 265 g/mol. The Kier molecular flexibility index (Phi) is 4.56. The number of carbonyl (C=O) groups excluding carboxylic acids is 1. The minimum absolute atomic E-state index is 0. The number of halogens is 1. The van der Waals surface area contributed by atoms with Gasteiger partial charge in [0.05, 0.1) is 10.6 Å². The van der Waals surface area contributed by atoms with E-state index >= 15 is 0 Å². The summed E-state index contributed by atoms with van der Waals surface area (Å²) in [5.74, 6) is 0.0955. The smallest absolute Gasteiger partial charge is 0.185 e. The van der Waals surface area contributed by atoms with E-state index in [1.54, 1.807) is 6.92 Å². The van der Waals surface area contributed by atoms with Crippen molar-refractivity contribution in [1.29, 1.82) is 0 Å². The molecule has 0 saturated heterocycles. The number of thiazole rings is 1. The zero-order valence-electron chi connectivity index (χ0n) is 8.12. The molecule has 3 nitrogen and oxygen atoms in total. The summed E-state index contributed by atoms with van der Waals surface area (Å²) >= 11 is 1.44. The molecule has 0 unspecified atom stereocenters. The third-order valence-corrected chi connectivity index (χ3v) is 2.91. The van der Waals surface area contributed by atoms with Crippen LogP contribution in [0.5, 0.6) is 0 Å². The molecule has 0 saturated carbocycles. The lowest BCUT2D eigenvalue weighted by molar-refractivity contribution is 0.102. The lowest BCUT2D eigenvalue weighted by Gasteiger charge is -2.04. The first-order valence-corrected chi connectivity index (χ1v) is 4.49. The summed E-state index contributed by atoms with van der Waals surface area (Å²) in [6.45, 7) is 3.43. The van der Waals surface area contributed by atoms with Gasteiger partial charge >= 0.3 is 0 Å². The van der Waals surface area contributed by atoms with E-state index in [2.05, 4.69) is 4.98 Å². The molecule has 0 N–H and O–H groups in total. The Morgan fingerprint density at radius 3 is 2.23 bits per heavy atom. The first-order valence-electron chi connectivity index (χ1n) is 3.68. The van der Waals surface area contributed by atoms with Crippen molar-refractivity contribution in [2.45, 2.75) is 13.8 Å². The van der Waals surface area contributed by atoms with Crippen molar-refractivity contribution in [3.63, 3.8) is 0 Å². The number of hydrogen-bond acceptors (Lipinski definition) is 4. The van der Waals surface area contributed by atoms with Crippen LogP contribution in [0.25, 0.3) is 0 Å². The van der Waals surface area contributed by atoms with Crippen LogP contribution in [0.4, 0.5) is 5.13 Å². The highest BCUT2D eigenvalue weighted by Crippen LogP contribution is 2.24. The molecule has 1 aromatic rings. The molecule has 0 radical (unpaired) electrons. The zero-order chi connectivity index (χ0) is 9.30. The standard InChI is InChI=1S/C8H12N2OS.BrH/c1-5-7(6(2)11)12-8(9-5)10(3)4;/h1-4H3;1H. The Labute approximate surface area is 92.6 Å². The molecule has 0 aromatic carbocycles. The van der Waals surface area contributed by atoms with Crippen molar-refractivity contribution in [2.75, 3.05) is 19.0 Å². The lowest BCUT2D eigenvalue weighted by atomic mass is 10.3. The molecule has 1 rings (SSSR count). The predicted octanol–water partition coefficient (Wildman–Crippen LogP) is 2.30. The predicted molar refractivity (Wildman–Crippen MR) is 61.5 cm³/mol. The molecule has 74 valence electrons. The van der Waals surface area contributed by atoms with Gasteiger partial charge in [-0.05, 0) is 6.92 Å². The average Bonchev–Trinajstić information content (AvgIpc) is 2.30. The summed E-state index contributed by atoms with van der Waals surface area (Å²) in [5.41, 5.74) is 0.830. The van der Waals surface area contributed by atoms with E-state index in [1.165, 1.54) is 11.3 Å². The molecule has 0 aliphatic carbocycles. The summed E-state index contributed by atoms with van der Waals surface area (Å²) in [7, 11) is 3.84. The molecule has 0 aliphatic heterocycles. The van der Waals surface area contributed by atoms with E-state index in [4.69, 9.17) is 0 Å². The van der Waals surface area contributed by atoms with Gasteiger partial charge in [-0.15, -0.1) is 17.0 Å². The van der Waals surface area contributed by atoms with Crippen LogP contribution in [0.2, 0.25) is 0 Å². The second kappa shape index (κ2) is 4.72. The highest BCUT2D eigenvalue weighted by molar-refractivity contribution is 8.93. The maximum Gasteiger partial charge on any atom is 0.185 e. The number of carbonyl (C=O) groups is 1. The topological polar surface area (TPSA) is 33.2 Å². The van der Waals surface area contributed by atoms with Crippen LogP contribution < -0.4 is 4.90 Å². The molecule has 0 atom stereocenters. The van der Waals surface area contributed by atoms with Gasteiger partial charge < -0.3 is 4.90 Å². The van der Waals surface area contributed by atoms with Crippen molar-refractivity contribution in [2.24, 2.45) is 0 Å². The van der Waals surface area contributed by atoms with Gasteiger partial charge in [0.1, 0.15) is 0 Å². The minimum Gasteiger partial charge on any atom is -0.354 e. The molecule has 0 aliphatic rings. The van der Waals surface area contributed by atoms with Gasteiger partial charge in [0, 0.05) is 21.0 Å². The van der Waals surface area contributed by atoms with Crippen LogP contribution in [-0.2, 0) is 0 Å². The van der Waals surface area contributed by atoms with Crippen LogP contribution >= 0.6 is 28.3 Å². The van der Waals surface area contributed by atoms with Gasteiger partial charge in [-0.25, -0.2) is 4.98 Å². The van der Waals surface area contributed by atoms with E-state index in [0.29, 0.717) is 0 Å². The Morgan fingerprint density at radius 1 is 1.46 bits per heavy atom. The molecule has 0 spiro atoms. The third-order valence-electron chi connectivity index (χ3n) is 1.49. The first-order chi connectivity index (χ1) is 5.52. The molecule has 0 fully saturated rings. The summed E-state index contributed by atoms with van der Waals surface area (Å²) in [4.78, 5) is 18.0. The van der Waals surface area contributed by atoms with E-state index in [9.17, 15) is 4.79 Å². The molecule has 5 heteroatoms. The number of ketones is 1. The summed E-state index contributed by atoms with van der Waals surface area (Å²) < 4.78 is 0. The van der Waals surface area contributed by atoms with E-state index in [1.807, 2.05) is 25.9 Å². The van der Waals surface area contributed by atoms with Gasteiger partial charge in [-0.1, -0.05) is 11.3 Å². The number of Topliss-reactive ketones (excluding diaryl/α,β-unsaturated/α-hetero) is 1. The molecule has 13 heavy (non-hydrogen) atoms. The lowest BCUT2D eigenvalue weighted by Crippen LogP contribution is -2.07. The van der Waals surface area contributed by atoms with Crippen LogP contribution in [0.1, 0.15) is 22.3 Å². The Morgan fingerprint density at radius 2 is 2.00 bits per heavy atom. The van der Waals surface area contributed by atoms with Crippen LogP contribution in [0.3, 0.4) is 0 Å². The highest BCUT2D eigenvalue weighted by atomic mass is 79.9. The second-order valence-electron chi connectivity index (χ2n) is 2.86. The molecule has 0 amide bonds. The van der Waals surface area contributed by atoms with Crippen molar-refractivity contribution >= 4 is 39.2 Å². The molecule has 1 aromatic heterocycles. The number of aryl methyl sites for hydroxylation is 1. The monoisotopic (exact) mass is 264 g/mol. The Bertz CT molecular complexity index is 309. The van der Waals surface area contributed by atoms with Crippen molar-refractivity contribution < 1.29 is 4.79 Å². The Balaban J connectivity index is 0.00000144. The SMILES string of the molecule is Br.CC(=O)c1sc(N(C)C)nc1C. The van der Waals surface area contributed by atoms with Gasteiger partial charge in [0.25, 0.3) is 0 Å². The van der Waals surface area contributed by atoms with Crippen LogP contribution in [-0.4, -0.2) is 24.9 Å². The second-order valence-corrected chi connectivity index (χ2v) is 3.84. The third kappa shape index (κ3) is 2.77. The minimum atomic E-state index is 0. The van der Waals surface area contributed by atoms with E-state index < -0.39 is 0 Å². The van der Waals surface area contributed by atoms with Crippen molar-refractivity contribution in [3.8, 4) is 0 Å². The molecule has 1 heterocycles. The quantitative estimate of drug-likeness (QED) is 0.769.